The molecular formula is C27H44O2. The number of fused-ring (bicyclic) bond motifs is 2. The fraction of sp³-hybridized carbons (Fsp3) is 0.852. The van der Waals surface area contributed by atoms with Crippen molar-refractivity contribution in [3.63, 3.8) is 0 Å². The summed E-state index contributed by atoms with van der Waals surface area (Å²) in [6.07, 6.45) is 17.3. The molecule has 0 spiro atoms. The Balaban J connectivity index is 1.45. The minimum atomic E-state index is -0.626. The van der Waals surface area contributed by atoms with Gasteiger partial charge in [-0.1, -0.05) is 51.0 Å². The molecule has 0 saturated heterocycles. The molecule has 4 saturated carbocycles. The Bertz CT molecular complexity index is 673. The summed E-state index contributed by atoms with van der Waals surface area (Å²) in [5.74, 6) is 2.56. The summed E-state index contributed by atoms with van der Waals surface area (Å²) in [6, 6.07) is 0. The lowest BCUT2D eigenvalue weighted by molar-refractivity contribution is -0.0783. The Morgan fingerprint density at radius 2 is 1.97 bits per heavy atom. The van der Waals surface area contributed by atoms with Gasteiger partial charge in [0, 0.05) is 5.41 Å². The number of hydrogen-bond acceptors (Lipinski definition) is 2. The second kappa shape index (κ2) is 7.23. The number of aliphatic hydroxyl groups is 2. The molecule has 0 aromatic rings. The van der Waals surface area contributed by atoms with Gasteiger partial charge in [0.2, 0.25) is 0 Å². The molecule has 2 heteroatoms. The third-order valence-corrected chi connectivity index (χ3v) is 9.72. The predicted molar refractivity (Wildman–Crippen MR) is 120 cm³/mol. The van der Waals surface area contributed by atoms with Crippen LogP contribution in [0.1, 0.15) is 98.3 Å². The van der Waals surface area contributed by atoms with E-state index in [-0.39, 0.29) is 10.8 Å². The molecule has 7 atom stereocenters. The van der Waals surface area contributed by atoms with E-state index in [1.54, 1.807) is 0 Å². The molecule has 4 aliphatic rings. The first-order chi connectivity index (χ1) is 13.5. The molecule has 4 aliphatic carbocycles. The van der Waals surface area contributed by atoms with Gasteiger partial charge in [0.1, 0.15) is 0 Å². The topological polar surface area (TPSA) is 40.5 Å². The molecule has 4 fully saturated rings. The van der Waals surface area contributed by atoms with Gasteiger partial charge >= 0.3 is 0 Å². The fourth-order valence-corrected chi connectivity index (χ4v) is 7.90. The van der Waals surface area contributed by atoms with Crippen LogP contribution in [0.25, 0.3) is 0 Å². The van der Waals surface area contributed by atoms with Crippen LogP contribution in [0.2, 0.25) is 0 Å². The monoisotopic (exact) mass is 402 g/mol. The van der Waals surface area contributed by atoms with Crippen LogP contribution in [-0.4, -0.2) is 21.4 Å². The highest BCUT2D eigenvalue weighted by molar-refractivity contribution is 5.36. The van der Waals surface area contributed by atoms with Crippen LogP contribution in [0, 0.1) is 34.5 Å². The molecule has 0 unspecified atom stereocenters. The van der Waals surface area contributed by atoms with Crippen molar-refractivity contribution in [3.8, 4) is 0 Å². The first kappa shape index (κ1) is 21.6. The number of hydrogen-bond donors (Lipinski definition) is 2. The predicted octanol–water partition coefficient (Wildman–Crippen LogP) is 6.42. The maximum absolute atomic E-state index is 11.8. The Kier molecular flexibility index (Phi) is 5.39. The van der Waals surface area contributed by atoms with Crippen LogP contribution in [0.3, 0.4) is 0 Å². The molecule has 0 amide bonds. The van der Waals surface area contributed by atoms with Crippen molar-refractivity contribution < 1.29 is 10.2 Å². The van der Waals surface area contributed by atoms with Crippen LogP contribution in [0.5, 0.6) is 0 Å². The Morgan fingerprint density at radius 3 is 2.59 bits per heavy atom. The van der Waals surface area contributed by atoms with Crippen molar-refractivity contribution in [2.24, 2.45) is 34.5 Å². The van der Waals surface area contributed by atoms with Crippen molar-refractivity contribution >= 4 is 0 Å². The number of rotatable bonds is 7. The van der Waals surface area contributed by atoms with E-state index in [9.17, 15) is 10.2 Å². The van der Waals surface area contributed by atoms with Crippen LogP contribution >= 0.6 is 0 Å². The molecule has 4 rings (SSSR count). The van der Waals surface area contributed by atoms with E-state index in [1.807, 2.05) is 13.8 Å². The molecule has 0 aromatic heterocycles. The third-order valence-electron chi connectivity index (χ3n) is 9.72. The summed E-state index contributed by atoms with van der Waals surface area (Å²) < 4.78 is 0. The Labute approximate surface area is 178 Å². The quantitative estimate of drug-likeness (QED) is 0.381. The van der Waals surface area contributed by atoms with E-state index in [1.165, 1.54) is 44.1 Å². The van der Waals surface area contributed by atoms with E-state index < -0.39 is 11.2 Å². The maximum atomic E-state index is 11.8. The normalized spacial score (nSPS) is 45.4. The summed E-state index contributed by atoms with van der Waals surface area (Å²) in [5.41, 5.74) is 0.720. The highest BCUT2D eigenvalue weighted by Crippen LogP contribution is 2.68. The smallest absolute Gasteiger partial charge is 0.0861 e. The minimum absolute atomic E-state index is 0.242. The SMILES string of the molecule is C[C@H](CCCC(C)(C)O)[C@H]1CC[C@@H]2[C@]1(C)CC[13CH2][C@@]2(O)/C=C/[C@]12C[C@H]1CCC2=[13CH2]. The van der Waals surface area contributed by atoms with Crippen molar-refractivity contribution in [2.75, 3.05) is 0 Å². The first-order valence-corrected chi connectivity index (χ1v) is 12.3. The zero-order chi connectivity index (χ0) is 21.1. The molecule has 2 nitrogen and oxygen atoms in total. The Hall–Kier alpha value is -0.600. The lowest BCUT2D eigenvalue weighted by atomic mass is 9.60. The lowest BCUT2D eigenvalue weighted by Crippen LogP contribution is -2.49. The Morgan fingerprint density at radius 1 is 1.21 bits per heavy atom. The third kappa shape index (κ3) is 3.78. The largest absolute Gasteiger partial charge is 0.390 e. The van der Waals surface area contributed by atoms with E-state index in [4.69, 9.17) is 0 Å². The number of allylic oxidation sites excluding steroid dienone is 2. The first-order valence-electron chi connectivity index (χ1n) is 12.3. The van der Waals surface area contributed by atoms with Crippen molar-refractivity contribution in [3.05, 3.63) is 24.3 Å². The van der Waals surface area contributed by atoms with Crippen LogP contribution < -0.4 is 0 Å². The summed E-state index contributed by atoms with van der Waals surface area (Å²) >= 11 is 0. The van der Waals surface area contributed by atoms with Gasteiger partial charge in [0.15, 0.2) is 0 Å². The van der Waals surface area contributed by atoms with Gasteiger partial charge < -0.3 is 10.2 Å². The summed E-state index contributed by atoms with van der Waals surface area (Å²) in [6.45, 7) is 13.1. The average Bonchev–Trinajstić information content (AvgIpc) is 3.10. The highest BCUT2D eigenvalue weighted by Gasteiger charge is 2.60. The van der Waals surface area contributed by atoms with Gasteiger partial charge in [-0.05, 0) is 101 Å². The molecule has 0 aromatic carbocycles. The molecular weight excluding hydrogens is 358 g/mol. The van der Waals surface area contributed by atoms with Crippen LogP contribution in [-0.2, 0) is 0 Å². The summed E-state index contributed by atoms with van der Waals surface area (Å²) in [5, 5.41) is 21.9. The average molecular weight is 403 g/mol. The zero-order valence-electron chi connectivity index (χ0n) is 19.3. The van der Waals surface area contributed by atoms with E-state index in [2.05, 4.69) is 32.6 Å². The fourth-order valence-electron chi connectivity index (χ4n) is 7.90. The molecule has 0 radical (unpaired) electrons. The van der Waals surface area contributed by atoms with Gasteiger partial charge in [-0.2, -0.15) is 0 Å². The zero-order valence-corrected chi connectivity index (χ0v) is 19.3. The van der Waals surface area contributed by atoms with Crippen molar-refractivity contribution in [2.45, 2.75) is 110 Å². The molecule has 0 aliphatic heterocycles. The van der Waals surface area contributed by atoms with Crippen molar-refractivity contribution in [1.82, 2.24) is 0 Å². The van der Waals surface area contributed by atoms with E-state index >= 15 is 0 Å². The molecule has 0 bridgehead atoms. The van der Waals surface area contributed by atoms with Crippen LogP contribution in [0.4, 0.5) is 0 Å². The van der Waals surface area contributed by atoms with Gasteiger partial charge in [-0.25, -0.2) is 0 Å². The van der Waals surface area contributed by atoms with Crippen LogP contribution in [0.15, 0.2) is 24.3 Å². The maximum Gasteiger partial charge on any atom is 0.0861 e. The molecule has 0 heterocycles. The molecule has 164 valence electrons. The molecule has 29 heavy (non-hydrogen) atoms. The van der Waals surface area contributed by atoms with Gasteiger partial charge in [0.25, 0.3) is 0 Å². The lowest BCUT2D eigenvalue weighted by Gasteiger charge is -2.50. The second-order valence-electron chi connectivity index (χ2n) is 12.2. The van der Waals surface area contributed by atoms with E-state index in [0.29, 0.717) is 17.8 Å². The minimum Gasteiger partial charge on any atom is -0.390 e. The standard InChI is InChI=1S/C27H44O2/c1-19(8-6-13-24(3,4)28)22-11-12-23-25(22,5)14-7-15-27(23,29)17-16-26-18-21(26)10-9-20(26)2/h16-17,19,21-23,28-29H,2,6-15,18H2,1,3-5H3/b17-16+/t19-,21-,22-,23-,25-,26-,27-/m1/s1/i2+1,15+1. The van der Waals surface area contributed by atoms with Gasteiger partial charge in [-0.15, -0.1) is 0 Å². The van der Waals surface area contributed by atoms with Gasteiger partial charge in [-0.3, -0.25) is 0 Å². The van der Waals surface area contributed by atoms with E-state index in [0.717, 1.165) is 38.0 Å². The highest BCUT2D eigenvalue weighted by atomic mass is 16.3. The van der Waals surface area contributed by atoms with Crippen molar-refractivity contribution in [1.29, 1.82) is 0 Å². The second-order valence-corrected chi connectivity index (χ2v) is 12.2. The molecule has 2 N–H and O–H groups in total. The summed E-state index contributed by atoms with van der Waals surface area (Å²) in [7, 11) is 0. The van der Waals surface area contributed by atoms with Gasteiger partial charge in [0.05, 0.1) is 11.2 Å². The summed E-state index contributed by atoms with van der Waals surface area (Å²) in [4.78, 5) is 0.